The number of hydrogen-bond donors (Lipinski definition) is 1. The fourth-order valence-electron chi connectivity index (χ4n) is 2.15. The first-order valence-corrected chi connectivity index (χ1v) is 7.93. The molecule has 0 aliphatic heterocycles. The highest BCUT2D eigenvalue weighted by Crippen LogP contribution is 2.30. The molecule has 0 spiro atoms. The van der Waals surface area contributed by atoms with Gasteiger partial charge in [-0.05, 0) is 64.5 Å². The molecule has 2 aromatic carbocycles. The van der Waals surface area contributed by atoms with Gasteiger partial charge in [-0.3, -0.25) is 0 Å². The highest BCUT2D eigenvalue weighted by molar-refractivity contribution is 14.1. The van der Waals surface area contributed by atoms with Crippen molar-refractivity contribution in [1.29, 1.82) is 0 Å². The van der Waals surface area contributed by atoms with Crippen LogP contribution in [0.25, 0.3) is 0 Å². The van der Waals surface area contributed by atoms with Crippen molar-refractivity contribution < 1.29 is 4.74 Å². The van der Waals surface area contributed by atoms with Gasteiger partial charge in [0.1, 0.15) is 5.75 Å². The molecule has 0 amide bonds. The zero-order valence-corrected chi connectivity index (χ0v) is 14.4. The quantitative estimate of drug-likeness (QED) is 0.736. The fourth-order valence-corrected chi connectivity index (χ4v) is 2.78. The Morgan fingerprint density at radius 1 is 1.15 bits per heavy atom. The summed E-state index contributed by atoms with van der Waals surface area (Å²) in [7, 11) is 1.63. The van der Waals surface area contributed by atoms with Gasteiger partial charge in [0.05, 0.1) is 18.2 Å². The van der Waals surface area contributed by atoms with Crippen LogP contribution in [0.1, 0.15) is 24.1 Å². The van der Waals surface area contributed by atoms with E-state index in [1.54, 1.807) is 7.11 Å². The summed E-state index contributed by atoms with van der Waals surface area (Å²) in [4.78, 5) is 0. The lowest BCUT2D eigenvalue weighted by atomic mass is 9.98. The van der Waals surface area contributed by atoms with E-state index in [-0.39, 0.29) is 6.04 Å². The zero-order valence-electron chi connectivity index (χ0n) is 11.5. The summed E-state index contributed by atoms with van der Waals surface area (Å²) in [6, 6.07) is 14.6. The summed E-state index contributed by atoms with van der Waals surface area (Å²) in [5.74, 6) is 0.702. The Balaban J connectivity index is 2.37. The molecule has 0 radical (unpaired) electrons. The smallest absolute Gasteiger partial charge is 0.137 e. The molecule has 4 heteroatoms. The van der Waals surface area contributed by atoms with Gasteiger partial charge in [0.25, 0.3) is 0 Å². The molecule has 0 saturated heterocycles. The molecule has 0 fully saturated rings. The second kappa shape index (κ2) is 7.29. The number of nitrogens with one attached hydrogen (secondary N) is 1. The van der Waals surface area contributed by atoms with Crippen molar-refractivity contribution in [3.63, 3.8) is 0 Å². The fraction of sp³-hybridized carbons (Fsp3) is 0.250. The normalized spacial score (nSPS) is 12.2. The van der Waals surface area contributed by atoms with Gasteiger partial charge in [-0.1, -0.05) is 36.7 Å². The second-order valence-corrected chi connectivity index (χ2v) is 6.09. The van der Waals surface area contributed by atoms with E-state index in [1.165, 1.54) is 9.13 Å². The van der Waals surface area contributed by atoms with Gasteiger partial charge in [0.15, 0.2) is 0 Å². The van der Waals surface area contributed by atoms with E-state index in [0.717, 1.165) is 12.1 Å². The number of ether oxygens (including phenoxy) is 1. The molecular formula is C16H17ClINO. The number of benzene rings is 2. The molecule has 1 unspecified atom stereocenters. The molecule has 1 N–H and O–H groups in total. The highest BCUT2D eigenvalue weighted by atomic mass is 127. The molecular weight excluding hydrogens is 385 g/mol. The standard InChI is InChI=1S/C16H17ClINO/c1-3-19-16(11-4-7-13(18)8-5-11)12-6-9-15(20-2)14(17)10-12/h4-10,16,19H,3H2,1-2H3. The van der Waals surface area contributed by atoms with Crippen LogP contribution in [0.15, 0.2) is 42.5 Å². The van der Waals surface area contributed by atoms with E-state index in [9.17, 15) is 0 Å². The maximum absolute atomic E-state index is 6.23. The largest absolute Gasteiger partial charge is 0.495 e. The Kier molecular flexibility index (Phi) is 5.69. The van der Waals surface area contributed by atoms with Crippen LogP contribution in [0.2, 0.25) is 5.02 Å². The molecule has 2 aromatic rings. The summed E-state index contributed by atoms with van der Waals surface area (Å²) < 4.78 is 6.44. The Bertz CT molecular complexity index is 571. The predicted molar refractivity (Wildman–Crippen MR) is 92.7 cm³/mol. The summed E-state index contributed by atoms with van der Waals surface area (Å²) in [5, 5.41) is 4.13. The molecule has 0 aromatic heterocycles. The van der Waals surface area contributed by atoms with E-state index < -0.39 is 0 Å². The number of hydrogen-bond acceptors (Lipinski definition) is 2. The third kappa shape index (κ3) is 3.65. The molecule has 106 valence electrons. The lowest BCUT2D eigenvalue weighted by Gasteiger charge is -2.20. The third-order valence-corrected chi connectivity index (χ3v) is 4.14. The van der Waals surface area contributed by atoms with Crippen molar-refractivity contribution >= 4 is 34.2 Å². The van der Waals surface area contributed by atoms with E-state index in [0.29, 0.717) is 10.8 Å². The molecule has 0 heterocycles. The number of halogens is 2. The van der Waals surface area contributed by atoms with Crippen LogP contribution >= 0.6 is 34.2 Å². The Morgan fingerprint density at radius 2 is 1.80 bits per heavy atom. The summed E-state index contributed by atoms with van der Waals surface area (Å²) in [5.41, 5.74) is 2.37. The molecule has 2 rings (SSSR count). The predicted octanol–water partition coefficient (Wildman–Crippen LogP) is 4.65. The van der Waals surface area contributed by atoms with Crippen LogP contribution < -0.4 is 10.1 Å². The van der Waals surface area contributed by atoms with Crippen LogP contribution in [-0.2, 0) is 0 Å². The SMILES string of the molecule is CCNC(c1ccc(I)cc1)c1ccc(OC)c(Cl)c1. The zero-order chi connectivity index (χ0) is 14.5. The maximum atomic E-state index is 6.23. The Morgan fingerprint density at radius 3 is 2.35 bits per heavy atom. The molecule has 0 saturated carbocycles. The molecule has 2 nitrogen and oxygen atoms in total. The van der Waals surface area contributed by atoms with Crippen LogP contribution in [0.5, 0.6) is 5.75 Å². The van der Waals surface area contributed by atoms with E-state index in [4.69, 9.17) is 16.3 Å². The Hall–Kier alpha value is -0.780. The van der Waals surface area contributed by atoms with Crippen molar-refractivity contribution in [1.82, 2.24) is 5.32 Å². The lowest BCUT2D eigenvalue weighted by Crippen LogP contribution is -2.22. The van der Waals surface area contributed by atoms with Gasteiger partial charge in [0, 0.05) is 3.57 Å². The number of methoxy groups -OCH3 is 1. The summed E-state index contributed by atoms with van der Waals surface area (Å²) in [6.45, 7) is 2.99. The number of rotatable bonds is 5. The van der Waals surface area contributed by atoms with Crippen molar-refractivity contribution in [3.8, 4) is 5.75 Å². The van der Waals surface area contributed by atoms with Crippen molar-refractivity contribution in [3.05, 3.63) is 62.2 Å². The monoisotopic (exact) mass is 401 g/mol. The topological polar surface area (TPSA) is 21.3 Å². The maximum Gasteiger partial charge on any atom is 0.137 e. The lowest BCUT2D eigenvalue weighted by molar-refractivity contribution is 0.414. The van der Waals surface area contributed by atoms with Gasteiger partial charge in [0.2, 0.25) is 0 Å². The van der Waals surface area contributed by atoms with Crippen LogP contribution in [-0.4, -0.2) is 13.7 Å². The van der Waals surface area contributed by atoms with E-state index in [2.05, 4.69) is 65.2 Å². The molecule has 0 bridgehead atoms. The third-order valence-electron chi connectivity index (χ3n) is 3.12. The van der Waals surface area contributed by atoms with Crippen molar-refractivity contribution in [2.45, 2.75) is 13.0 Å². The first-order chi connectivity index (χ1) is 9.65. The van der Waals surface area contributed by atoms with Crippen LogP contribution in [0.4, 0.5) is 0 Å². The van der Waals surface area contributed by atoms with Crippen LogP contribution in [0.3, 0.4) is 0 Å². The first kappa shape index (κ1) is 15.6. The van der Waals surface area contributed by atoms with Gasteiger partial charge >= 0.3 is 0 Å². The first-order valence-electron chi connectivity index (χ1n) is 6.48. The highest BCUT2D eigenvalue weighted by Gasteiger charge is 2.14. The minimum atomic E-state index is 0.139. The molecule has 0 aliphatic carbocycles. The Labute approximate surface area is 138 Å². The van der Waals surface area contributed by atoms with Crippen molar-refractivity contribution in [2.24, 2.45) is 0 Å². The molecule has 1 atom stereocenters. The van der Waals surface area contributed by atoms with Gasteiger partial charge in [-0.25, -0.2) is 0 Å². The second-order valence-electron chi connectivity index (χ2n) is 4.44. The summed E-state index contributed by atoms with van der Waals surface area (Å²) >= 11 is 8.54. The minimum Gasteiger partial charge on any atom is -0.495 e. The average Bonchev–Trinajstić information content (AvgIpc) is 2.46. The van der Waals surface area contributed by atoms with Gasteiger partial charge < -0.3 is 10.1 Å². The van der Waals surface area contributed by atoms with Gasteiger partial charge in [-0.15, -0.1) is 0 Å². The van der Waals surface area contributed by atoms with Crippen molar-refractivity contribution in [2.75, 3.05) is 13.7 Å². The molecule has 20 heavy (non-hydrogen) atoms. The van der Waals surface area contributed by atoms with Gasteiger partial charge in [-0.2, -0.15) is 0 Å². The summed E-state index contributed by atoms with van der Waals surface area (Å²) in [6.07, 6.45) is 0. The van der Waals surface area contributed by atoms with Crippen LogP contribution in [0, 0.1) is 3.57 Å². The molecule has 0 aliphatic rings. The van der Waals surface area contributed by atoms with E-state index in [1.807, 2.05) is 12.1 Å². The van der Waals surface area contributed by atoms with E-state index >= 15 is 0 Å². The average molecular weight is 402 g/mol. The minimum absolute atomic E-state index is 0.139.